The van der Waals surface area contributed by atoms with Gasteiger partial charge in [0.15, 0.2) is 0 Å². The lowest BCUT2D eigenvalue weighted by Crippen LogP contribution is -2.50. The molecule has 112 valence electrons. The van der Waals surface area contributed by atoms with Crippen molar-refractivity contribution in [2.24, 2.45) is 0 Å². The Hall–Kier alpha value is -1.15. The summed E-state index contributed by atoms with van der Waals surface area (Å²) in [4.78, 5) is 0. The minimum absolute atomic E-state index is 0.388. The van der Waals surface area contributed by atoms with Crippen molar-refractivity contribution in [3.8, 4) is 5.75 Å². The Morgan fingerprint density at radius 2 is 1.90 bits per heavy atom. The Labute approximate surface area is 120 Å². The van der Waals surface area contributed by atoms with Crippen molar-refractivity contribution in [3.63, 3.8) is 0 Å². The van der Waals surface area contributed by atoms with Crippen LogP contribution in [0.4, 0.5) is 0 Å². The maximum absolute atomic E-state index is 12.0. The van der Waals surface area contributed by atoms with Crippen LogP contribution in [0.1, 0.15) is 6.42 Å². The van der Waals surface area contributed by atoms with Crippen LogP contribution in [0.2, 0.25) is 0 Å². The zero-order chi connectivity index (χ0) is 14.3. The van der Waals surface area contributed by atoms with Gasteiger partial charge in [0.25, 0.3) is 10.2 Å². The molecule has 20 heavy (non-hydrogen) atoms. The molecule has 0 atom stereocenters. The molecule has 0 aromatic heterocycles. The first kappa shape index (κ1) is 15.2. The summed E-state index contributed by atoms with van der Waals surface area (Å²) in [6.07, 6.45) is 0.639. The number of rotatable bonds is 7. The highest BCUT2D eigenvalue weighted by Crippen LogP contribution is 2.08. The summed E-state index contributed by atoms with van der Waals surface area (Å²) < 4.78 is 33.5. The van der Waals surface area contributed by atoms with Gasteiger partial charge in [-0.05, 0) is 18.6 Å². The summed E-state index contributed by atoms with van der Waals surface area (Å²) in [6, 6.07) is 9.50. The first-order valence-electron chi connectivity index (χ1n) is 6.82. The van der Waals surface area contributed by atoms with Crippen LogP contribution in [-0.4, -0.2) is 52.1 Å². The highest BCUT2D eigenvalue weighted by molar-refractivity contribution is 7.87. The standard InChI is InChI=1S/C13H21N3O3S/c17-20(18,16-10-8-14-9-11-16)15-7-4-12-19-13-5-2-1-3-6-13/h1-3,5-6,14-15H,4,7-12H2. The van der Waals surface area contributed by atoms with Crippen LogP contribution in [0.5, 0.6) is 5.75 Å². The van der Waals surface area contributed by atoms with Crippen molar-refractivity contribution in [2.45, 2.75) is 6.42 Å². The smallest absolute Gasteiger partial charge is 0.279 e. The Bertz CT molecular complexity index is 487. The Morgan fingerprint density at radius 3 is 2.60 bits per heavy atom. The second kappa shape index (κ2) is 7.58. The lowest BCUT2D eigenvalue weighted by atomic mass is 10.3. The van der Waals surface area contributed by atoms with Gasteiger partial charge in [0, 0.05) is 32.7 Å². The number of nitrogens with zero attached hydrogens (tertiary/aromatic N) is 1. The molecule has 0 unspecified atom stereocenters. The number of ether oxygens (including phenoxy) is 1. The molecule has 2 N–H and O–H groups in total. The number of hydrogen-bond acceptors (Lipinski definition) is 4. The van der Waals surface area contributed by atoms with E-state index in [2.05, 4.69) is 10.0 Å². The Balaban J connectivity index is 1.65. The highest BCUT2D eigenvalue weighted by atomic mass is 32.2. The minimum atomic E-state index is -3.34. The first-order chi connectivity index (χ1) is 9.68. The molecule has 1 aliphatic rings. The van der Waals surface area contributed by atoms with Gasteiger partial charge in [0.1, 0.15) is 5.75 Å². The van der Waals surface area contributed by atoms with Gasteiger partial charge in [-0.3, -0.25) is 0 Å². The van der Waals surface area contributed by atoms with Gasteiger partial charge in [0.05, 0.1) is 6.61 Å². The van der Waals surface area contributed by atoms with Crippen LogP contribution in [0.15, 0.2) is 30.3 Å². The van der Waals surface area contributed by atoms with Crippen LogP contribution < -0.4 is 14.8 Å². The topological polar surface area (TPSA) is 70.7 Å². The summed E-state index contributed by atoms with van der Waals surface area (Å²) in [5, 5.41) is 3.13. The molecule has 1 fully saturated rings. The quantitative estimate of drug-likeness (QED) is 0.706. The molecule has 1 aromatic carbocycles. The molecule has 6 nitrogen and oxygen atoms in total. The molecule has 0 spiro atoms. The maximum Gasteiger partial charge on any atom is 0.279 e. The van der Waals surface area contributed by atoms with Gasteiger partial charge < -0.3 is 10.1 Å². The monoisotopic (exact) mass is 299 g/mol. The average Bonchev–Trinajstić information content (AvgIpc) is 2.49. The normalized spacial score (nSPS) is 17.0. The number of hydrogen-bond donors (Lipinski definition) is 2. The number of benzene rings is 1. The average molecular weight is 299 g/mol. The van der Waals surface area contributed by atoms with Crippen molar-refractivity contribution < 1.29 is 13.2 Å². The molecular formula is C13H21N3O3S. The van der Waals surface area contributed by atoms with E-state index < -0.39 is 10.2 Å². The lowest BCUT2D eigenvalue weighted by molar-refractivity contribution is 0.309. The van der Waals surface area contributed by atoms with E-state index in [0.29, 0.717) is 45.8 Å². The summed E-state index contributed by atoms with van der Waals surface area (Å²) in [7, 11) is -3.34. The van der Waals surface area contributed by atoms with Crippen LogP contribution >= 0.6 is 0 Å². The fraction of sp³-hybridized carbons (Fsp3) is 0.538. The van der Waals surface area contributed by atoms with Crippen LogP contribution in [0.25, 0.3) is 0 Å². The lowest BCUT2D eigenvalue weighted by Gasteiger charge is -2.26. The molecule has 0 saturated carbocycles. The zero-order valence-corrected chi connectivity index (χ0v) is 12.2. The van der Waals surface area contributed by atoms with Crippen LogP contribution in [0, 0.1) is 0 Å². The highest BCUT2D eigenvalue weighted by Gasteiger charge is 2.22. The third-order valence-electron chi connectivity index (χ3n) is 3.03. The number of nitrogens with one attached hydrogen (secondary N) is 2. The summed E-state index contributed by atoms with van der Waals surface area (Å²) in [5.74, 6) is 0.803. The molecule has 1 heterocycles. The van der Waals surface area contributed by atoms with Gasteiger partial charge in [-0.1, -0.05) is 18.2 Å². The number of para-hydroxylation sites is 1. The summed E-state index contributed by atoms with van der Waals surface area (Å²) in [6.45, 7) is 3.34. The van der Waals surface area contributed by atoms with Gasteiger partial charge in [0.2, 0.25) is 0 Å². The Kier molecular flexibility index (Phi) is 5.78. The summed E-state index contributed by atoms with van der Waals surface area (Å²) in [5.41, 5.74) is 0. The van der Waals surface area contributed by atoms with Gasteiger partial charge in [-0.2, -0.15) is 12.7 Å². The van der Waals surface area contributed by atoms with E-state index in [4.69, 9.17) is 4.74 Å². The van der Waals surface area contributed by atoms with Crippen molar-refractivity contribution in [2.75, 3.05) is 39.3 Å². The molecule has 7 heteroatoms. The predicted octanol–water partition coefficient (Wildman–Crippen LogP) is 0.195. The van der Waals surface area contributed by atoms with Gasteiger partial charge in [-0.25, -0.2) is 4.72 Å². The van der Waals surface area contributed by atoms with E-state index in [-0.39, 0.29) is 0 Å². The molecule has 0 radical (unpaired) electrons. The van der Waals surface area contributed by atoms with Crippen molar-refractivity contribution in [3.05, 3.63) is 30.3 Å². The Morgan fingerprint density at radius 1 is 1.20 bits per heavy atom. The zero-order valence-electron chi connectivity index (χ0n) is 11.4. The predicted molar refractivity (Wildman–Crippen MR) is 77.9 cm³/mol. The molecule has 2 rings (SSSR count). The van der Waals surface area contributed by atoms with E-state index in [1.807, 2.05) is 30.3 Å². The molecule has 0 amide bonds. The van der Waals surface area contributed by atoms with Gasteiger partial charge >= 0.3 is 0 Å². The second-order valence-electron chi connectivity index (χ2n) is 4.56. The molecule has 0 bridgehead atoms. The third-order valence-corrected chi connectivity index (χ3v) is 4.65. The molecule has 1 aliphatic heterocycles. The largest absolute Gasteiger partial charge is 0.494 e. The van der Waals surface area contributed by atoms with Crippen LogP contribution in [0.3, 0.4) is 0 Å². The third kappa shape index (κ3) is 4.75. The number of piperazine rings is 1. The maximum atomic E-state index is 12.0. The van der Waals surface area contributed by atoms with E-state index in [1.165, 1.54) is 4.31 Å². The molecule has 0 aliphatic carbocycles. The fourth-order valence-corrected chi connectivity index (χ4v) is 3.20. The van der Waals surface area contributed by atoms with Crippen molar-refractivity contribution >= 4 is 10.2 Å². The second-order valence-corrected chi connectivity index (χ2v) is 6.32. The molecule has 1 aromatic rings. The van der Waals surface area contributed by atoms with Crippen LogP contribution in [-0.2, 0) is 10.2 Å². The fourth-order valence-electron chi connectivity index (χ4n) is 1.96. The van der Waals surface area contributed by atoms with Crippen molar-refractivity contribution in [1.29, 1.82) is 0 Å². The van der Waals surface area contributed by atoms with Gasteiger partial charge in [-0.15, -0.1) is 0 Å². The minimum Gasteiger partial charge on any atom is -0.494 e. The summed E-state index contributed by atoms with van der Waals surface area (Å²) >= 11 is 0. The molecular weight excluding hydrogens is 278 g/mol. The SMILES string of the molecule is O=S(=O)(NCCCOc1ccccc1)N1CCNCC1. The van der Waals surface area contributed by atoms with E-state index >= 15 is 0 Å². The first-order valence-corrected chi connectivity index (χ1v) is 8.26. The van der Waals surface area contributed by atoms with E-state index in [1.54, 1.807) is 0 Å². The van der Waals surface area contributed by atoms with E-state index in [9.17, 15) is 8.42 Å². The van der Waals surface area contributed by atoms with Crippen molar-refractivity contribution in [1.82, 2.24) is 14.3 Å². The molecule has 1 saturated heterocycles. The van der Waals surface area contributed by atoms with E-state index in [0.717, 1.165) is 5.75 Å².